The van der Waals surface area contributed by atoms with Gasteiger partial charge in [-0.1, -0.05) is 11.6 Å². The zero-order valence-corrected chi connectivity index (χ0v) is 19.4. The number of nitrogens with two attached hydrogens (primary N) is 1. The normalized spacial score (nSPS) is 14.1. The minimum absolute atomic E-state index is 0.0568. The summed E-state index contributed by atoms with van der Waals surface area (Å²) < 4.78 is 32.2. The zero-order chi connectivity index (χ0) is 23.7. The molecule has 0 aliphatic carbocycles. The van der Waals surface area contributed by atoms with Crippen LogP contribution in [0.15, 0.2) is 11.6 Å². The van der Waals surface area contributed by atoms with Gasteiger partial charge in [0, 0.05) is 18.2 Å². The fourth-order valence-electron chi connectivity index (χ4n) is 3.51. The predicted octanol–water partition coefficient (Wildman–Crippen LogP) is 2.44. The van der Waals surface area contributed by atoms with Gasteiger partial charge < -0.3 is 34.2 Å². The van der Waals surface area contributed by atoms with Crippen LogP contribution >= 0.6 is 0 Å². The van der Waals surface area contributed by atoms with E-state index < -0.39 is 18.0 Å². The number of hydrogen-bond acceptors (Lipinski definition) is 9. The second-order valence-corrected chi connectivity index (χ2v) is 7.38. The van der Waals surface area contributed by atoms with Crippen LogP contribution in [0.5, 0.6) is 11.5 Å². The molecule has 0 amide bonds. The molecule has 2 rings (SSSR count). The summed E-state index contributed by atoms with van der Waals surface area (Å²) in [4.78, 5) is 24.3. The van der Waals surface area contributed by atoms with Crippen molar-refractivity contribution < 1.29 is 38.0 Å². The van der Waals surface area contributed by atoms with E-state index in [1.807, 2.05) is 19.9 Å². The van der Waals surface area contributed by atoms with Crippen LogP contribution in [-0.2, 0) is 36.8 Å². The molecule has 1 atom stereocenters. The van der Waals surface area contributed by atoms with Crippen LogP contribution in [0.1, 0.15) is 47.3 Å². The topological polar surface area (TPSA) is 116 Å². The van der Waals surface area contributed by atoms with Gasteiger partial charge in [-0.3, -0.25) is 4.79 Å². The van der Waals surface area contributed by atoms with Crippen molar-refractivity contribution in [2.75, 3.05) is 40.8 Å². The first-order chi connectivity index (χ1) is 15.3. The smallest absolute Gasteiger partial charge is 0.342 e. The Hall–Kier alpha value is -2.62. The molecular formula is C23H33NO8. The number of esters is 2. The Morgan fingerprint density at radius 2 is 2.00 bits per heavy atom. The lowest BCUT2D eigenvalue weighted by atomic mass is 9.94. The molecule has 0 bridgehead atoms. The molecule has 1 aliphatic rings. The maximum atomic E-state index is 12.5. The third kappa shape index (κ3) is 6.21. The van der Waals surface area contributed by atoms with Crippen LogP contribution in [0.2, 0.25) is 0 Å². The highest BCUT2D eigenvalue weighted by Crippen LogP contribution is 2.42. The van der Waals surface area contributed by atoms with Crippen LogP contribution in [0, 0.1) is 6.92 Å². The number of cyclic esters (lactones) is 1. The van der Waals surface area contributed by atoms with Gasteiger partial charge in [0.15, 0.2) is 6.79 Å². The summed E-state index contributed by atoms with van der Waals surface area (Å²) in [6.45, 7) is 6.68. The summed E-state index contributed by atoms with van der Waals surface area (Å²) in [5, 5.41) is 0. The lowest BCUT2D eigenvalue weighted by Gasteiger charge is -2.19. The summed E-state index contributed by atoms with van der Waals surface area (Å²) in [6.07, 6.45) is 2.69. The minimum Gasteiger partial charge on any atom is -0.496 e. The van der Waals surface area contributed by atoms with E-state index in [4.69, 9.17) is 34.2 Å². The fraction of sp³-hybridized carbons (Fsp3) is 0.565. The molecule has 0 fully saturated rings. The first-order valence-corrected chi connectivity index (χ1v) is 10.5. The third-order valence-electron chi connectivity index (χ3n) is 5.13. The highest BCUT2D eigenvalue weighted by Gasteiger charge is 2.33. The standard InChI is InChI=1S/C23H33NO8/c1-6-30-22(25)18(24)11-14(2)7-8-16-20(28-5)15(3)17-12-31-23(26)19(17)21(16)32-13-29-10-9-27-4/h7,18H,6,8-13,24H2,1-5H3/b14-7+. The van der Waals surface area contributed by atoms with E-state index in [1.54, 1.807) is 21.1 Å². The van der Waals surface area contributed by atoms with Crippen LogP contribution in [0.3, 0.4) is 0 Å². The molecule has 0 saturated carbocycles. The van der Waals surface area contributed by atoms with Gasteiger partial charge in [-0.25, -0.2) is 4.79 Å². The van der Waals surface area contributed by atoms with Gasteiger partial charge in [-0.15, -0.1) is 0 Å². The summed E-state index contributed by atoms with van der Waals surface area (Å²) in [6, 6.07) is -0.741. The average Bonchev–Trinajstić information content (AvgIpc) is 3.15. The highest BCUT2D eigenvalue weighted by molar-refractivity contribution is 5.98. The first kappa shape index (κ1) is 25.6. The number of allylic oxidation sites excluding steroid dienone is 1. The average molecular weight is 452 g/mol. The van der Waals surface area contributed by atoms with Gasteiger partial charge in [0.05, 0.1) is 26.9 Å². The first-order valence-electron chi connectivity index (χ1n) is 10.5. The number of rotatable bonds is 13. The highest BCUT2D eigenvalue weighted by atomic mass is 16.7. The summed E-state index contributed by atoms with van der Waals surface area (Å²) in [5.74, 6) is 0.115. The molecule has 0 spiro atoms. The molecule has 178 valence electrons. The van der Waals surface area contributed by atoms with Crippen molar-refractivity contribution in [1.29, 1.82) is 0 Å². The quantitative estimate of drug-likeness (QED) is 0.209. The Labute approximate surface area is 188 Å². The molecule has 0 aromatic heterocycles. The zero-order valence-electron chi connectivity index (χ0n) is 19.4. The van der Waals surface area contributed by atoms with Crippen LogP contribution in [0.4, 0.5) is 0 Å². The van der Waals surface area contributed by atoms with E-state index in [0.717, 1.165) is 16.7 Å². The van der Waals surface area contributed by atoms with Gasteiger partial charge in [0.2, 0.25) is 0 Å². The number of ether oxygens (including phenoxy) is 6. The number of hydrogen-bond donors (Lipinski definition) is 1. The molecule has 0 saturated heterocycles. The Bertz CT molecular complexity index is 849. The number of fused-ring (bicyclic) bond motifs is 1. The second kappa shape index (κ2) is 12.4. The number of methoxy groups -OCH3 is 2. The van der Waals surface area contributed by atoms with E-state index in [1.165, 1.54) is 0 Å². The Kier molecular flexibility index (Phi) is 9.96. The molecule has 0 radical (unpaired) electrons. The SMILES string of the molecule is CCOC(=O)C(N)C/C(C)=C/Cc1c(OC)c(C)c2c(c1OCOCCOC)C(=O)OC2. The molecule has 9 nitrogen and oxygen atoms in total. The summed E-state index contributed by atoms with van der Waals surface area (Å²) >= 11 is 0. The molecule has 1 unspecified atom stereocenters. The molecule has 1 heterocycles. The summed E-state index contributed by atoms with van der Waals surface area (Å²) in [5.41, 5.74) is 9.48. The van der Waals surface area contributed by atoms with Crippen molar-refractivity contribution in [3.63, 3.8) is 0 Å². The summed E-state index contributed by atoms with van der Waals surface area (Å²) in [7, 11) is 3.15. The number of carbonyl (C=O) groups excluding carboxylic acids is 2. The molecule has 1 aliphatic heterocycles. The Morgan fingerprint density at radius 1 is 1.25 bits per heavy atom. The largest absolute Gasteiger partial charge is 0.496 e. The van der Waals surface area contributed by atoms with Gasteiger partial charge in [-0.2, -0.15) is 0 Å². The molecule has 2 N–H and O–H groups in total. The molecule has 32 heavy (non-hydrogen) atoms. The maximum absolute atomic E-state index is 12.5. The lowest BCUT2D eigenvalue weighted by Crippen LogP contribution is -2.32. The van der Waals surface area contributed by atoms with E-state index in [9.17, 15) is 9.59 Å². The molecule has 9 heteroatoms. The molecular weight excluding hydrogens is 418 g/mol. The van der Waals surface area contributed by atoms with Gasteiger partial charge in [-0.05, 0) is 39.2 Å². The van der Waals surface area contributed by atoms with Gasteiger partial charge in [0.25, 0.3) is 0 Å². The lowest BCUT2D eigenvalue weighted by molar-refractivity contribution is -0.144. The van der Waals surface area contributed by atoms with Gasteiger partial charge in [0.1, 0.15) is 29.7 Å². The van der Waals surface area contributed by atoms with E-state index in [-0.39, 0.29) is 20.0 Å². The third-order valence-corrected chi connectivity index (χ3v) is 5.13. The van der Waals surface area contributed by atoms with Crippen molar-refractivity contribution in [3.05, 3.63) is 33.9 Å². The van der Waals surface area contributed by atoms with Crippen molar-refractivity contribution in [2.24, 2.45) is 5.73 Å². The van der Waals surface area contributed by atoms with E-state index >= 15 is 0 Å². The number of carbonyl (C=O) groups is 2. The van der Waals surface area contributed by atoms with E-state index in [0.29, 0.717) is 48.7 Å². The second-order valence-electron chi connectivity index (χ2n) is 7.38. The van der Waals surface area contributed by atoms with Gasteiger partial charge >= 0.3 is 11.9 Å². The van der Waals surface area contributed by atoms with Crippen LogP contribution in [0.25, 0.3) is 0 Å². The maximum Gasteiger partial charge on any atom is 0.342 e. The van der Waals surface area contributed by atoms with Crippen molar-refractivity contribution in [3.8, 4) is 11.5 Å². The minimum atomic E-state index is -0.741. The van der Waals surface area contributed by atoms with Crippen molar-refractivity contribution in [2.45, 2.75) is 46.3 Å². The van der Waals surface area contributed by atoms with E-state index in [2.05, 4.69) is 0 Å². The number of benzene rings is 1. The van der Waals surface area contributed by atoms with Crippen molar-refractivity contribution >= 4 is 11.9 Å². The van der Waals surface area contributed by atoms with Crippen LogP contribution < -0.4 is 15.2 Å². The van der Waals surface area contributed by atoms with Crippen LogP contribution in [-0.4, -0.2) is 58.8 Å². The Balaban J connectivity index is 2.32. The molecule has 1 aromatic rings. The monoisotopic (exact) mass is 451 g/mol. The molecule has 1 aromatic carbocycles. The fourth-order valence-corrected chi connectivity index (χ4v) is 3.51. The predicted molar refractivity (Wildman–Crippen MR) is 117 cm³/mol. The Morgan fingerprint density at radius 3 is 2.66 bits per heavy atom. The van der Waals surface area contributed by atoms with Crippen molar-refractivity contribution in [1.82, 2.24) is 0 Å².